The lowest BCUT2D eigenvalue weighted by atomic mass is 10.1. The van der Waals surface area contributed by atoms with Crippen molar-refractivity contribution in [3.05, 3.63) is 46.9 Å². The van der Waals surface area contributed by atoms with Gasteiger partial charge in [-0.1, -0.05) is 11.6 Å². The Hall–Kier alpha value is -2.77. The molecule has 4 aromatic rings. The molecule has 7 nitrogen and oxygen atoms in total. The molecule has 1 spiro atoms. The van der Waals surface area contributed by atoms with Crippen molar-refractivity contribution >= 4 is 34.0 Å². The fraction of sp³-hybridized carbons (Fsp3) is 0.391. The molecule has 1 N–H and O–H groups in total. The number of pyridine rings is 2. The number of rotatable bonds is 2. The lowest BCUT2D eigenvalue weighted by Gasteiger charge is -2.39. The van der Waals surface area contributed by atoms with E-state index in [1.807, 2.05) is 38.4 Å². The van der Waals surface area contributed by atoms with Crippen LogP contribution in [0.4, 0.5) is 5.69 Å². The molecule has 0 aromatic carbocycles. The quantitative estimate of drug-likeness (QED) is 0.516. The number of fused-ring (bicyclic) bond motifs is 2. The zero-order valence-electron chi connectivity index (χ0n) is 17.9. The number of piperazine rings is 1. The van der Waals surface area contributed by atoms with Gasteiger partial charge in [0.2, 0.25) is 0 Å². The Morgan fingerprint density at radius 1 is 1.13 bits per heavy atom. The van der Waals surface area contributed by atoms with E-state index in [0.29, 0.717) is 22.4 Å². The minimum absolute atomic E-state index is 0.284. The Labute approximate surface area is 185 Å². The zero-order chi connectivity index (χ0) is 21.3. The third-order valence-corrected chi connectivity index (χ3v) is 6.66. The molecule has 0 bridgehead atoms. The van der Waals surface area contributed by atoms with Gasteiger partial charge in [0.25, 0.3) is 0 Å². The Morgan fingerprint density at radius 3 is 2.77 bits per heavy atom. The summed E-state index contributed by atoms with van der Waals surface area (Å²) in [5.41, 5.74) is 6.32. The molecule has 1 aliphatic heterocycles. The van der Waals surface area contributed by atoms with Crippen LogP contribution >= 0.6 is 11.6 Å². The summed E-state index contributed by atoms with van der Waals surface area (Å²) in [7, 11) is 0. The van der Waals surface area contributed by atoms with Gasteiger partial charge < -0.3 is 10.2 Å². The van der Waals surface area contributed by atoms with Crippen molar-refractivity contribution in [1.29, 1.82) is 0 Å². The smallest absolute Gasteiger partial charge is 0.161 e. The molecule has 0 radical (unpaired) electrons. The highest BCUT2D eigenvalue weighted by Crippen LogP contribution is 2.40. The van der Waals surface area contributed by atoms with E-state index in [4.69, 9.17) is 16.6 Å². The molecule has 2 aliphatic rings. The Kier molecular flexibility index (Phi) is 4.04. The van der Waals surface area contributed by atoms with Gasteiger partial charge in [-0.15, -0.1) is 0 Å². The lowest BCUT2D eigenvalue weighted by molar-refractivity contribution is 0.372. The van der Waals surface area contributed by atoms with E-state index < -0.39 is 0 Å². The van der Waals surface area contributed by atoms with Crippen molar-refractivity contribution in [2.75, 3.05) is 18.0 Å². The number of nitrogens with one attached hydrogen (secondary N) is 1. The molecule has 0 amide bonds. The van der Waals surface area contributed by atoms with Gasteiger partial charge in [-0.05, 0) is 57.4 Å². The standard InChI is InChI=1S/C23H24ClN7/c1-13-6-20(29-31-11-14(2)26-22(13)31)19-8-18(24)17-7-16(9-25-21(17)27-19)30-10-15(3)28-23(12-30)4-5-23/h6-9,11,15,28H,4-5,10,12H2,1-3H3. The number of anilines is 1. The van der Waals surface area contributed by atoms with E-state index in [2.05, 4.69) is 38.3 Å². The van der Waals surface area contributed by atoms with Crippen LogP contribution in [0.2, 0.25) is 5.02 Å². The molecular weight excluding hydrogens is 410 g/mol. The van der Waals surface area contributed by atoms with Crippen LogP contribution in [0, 0.1) is 13.8 Å². The zero-order valence-corrected chi connectivity index (χ0v) is 18.6. The molecule has 5 heterocycles. The van der Waals surface area contributed by atoms with Crippen molar-refractivity contribution in [2.24, 2.45) is 0 Å². The summed E-state index contributed by atoms with van der Waals surface area (Å²) in [6, 6.07) is 6.46. The summed E-state index contributed by atoms with van der Waals surface area (Å²) in [6.07, 6.45) is 6.33. The van der Waals surface area contributed by atoms with Crippen LogP contribution in [-0.2, 0) is 0 Å². The predicted molar refractivity (Wildman–Crippen MR) is 123 cm³/mol. The number of imidazole rings is 1. The minimum Gasteiger partial charge on any atom is -0.367 e. The fourth-order valence-corrected chi connectivity index (χ4v) is 5.00. The van der Waals surface area contributed by atoms with E-state index in [9.17, 15) is 0 Å². The molecule has 158 valence electrons. The van der Waals surface area contributed by atoms with Crippen molar-refractivity contribution in [1.82, 2.24) is 29.9 Å². The summed E-state index contributed by atoms with van der Waals surface area (Å²) >= 11 is 6.72. The summed E-state index contributed by atoms with van der Waals surface area (Å²) in [6.45, 7) is 8.22. The normalized spacial score (nSPS) is 20.1. The lowest BCUT2D eigenvalue weighted by Crippen LogP contribution is -2.57. The van der Waals surface area contributed by atoms with Crippen molar-refractivity contribution < 1.29 is 0 Å². The third-order valence-electron chi connectivity index (χ3n) is 6.35. The van der Waals surface area contributed by atoms with Crippen LogP contribution in [0.15, 0.2) is 30.6 Å². The first kappa shape index (κ1) is 19.0. The number of aryl methyl sites for hydroxylation is 2. The molecule has 1 saturated carbocycles. The van der Waals surface area contributed by atoms with Crippen LogP contribution in [0.1, 0.15) is 31.0 Å². The summed E-state index contributed by atoms with van der Waals surface area (Å²) in [5, 5.41) is 9.94. The van der Waals surface area contributed by atoms with Gasteiger partial charge in [0.05, 0.1) is 34.5 Å². The molecule has 1 atom stereocenters. The Bertz CT molecular complexity index is 1340. The van der Waals surface area contributed by atoms with Gasteiger partial charge >= 0.3 is 0 Å². The Balaban J connectivity index is 1.40. The highest BCUT2D eigenvalue weighted by molar-refractivity contribution is 6.35. The van der Waals surface area contributed by atoms with Gasteiger partial charge in [-0.2, -0.15) is 5.10 Å². The largest absolute Gasteiger partial charge is 0.367 e. The van der Waals surface area contributed by atoms with Gasteiger partial charge in [-0.3, -0.25) is 0 Å². The molecule has 4 aromatic heterocycles. The van der Waals surface area contributed by atoms with Gasteiger partial charge in [0.15, 0.2) is 11.3 Å². The van der Waals surface area contributed by atoms with Gasteiger partial charge in [0, 0.05) is 30.1 Å². The molecule has 2 fully saturated rings. The third kappa shape index (κ3) is 3.23. The average Bonchev–Trinajstić information content (AvgIpc) is 3.34. The summed E-state index contributed by atoms with van der Waals surface area (Å²) in [4.78, 5) is 16.4. The molecule has 1 saturated heterocycles. The number of nitrogens with zero attached hydrogens (tertiary/aromatic N) is 6. The summed E-state index contributed by atoms with van der Waals surface area (Å²) < 4.78 is 1.80. The topological polar surface area (TPSA) is 71.2 Å². The fourth-order valence-electron chi connectivity index (χ4n) is 4.75. The van der Waals surface area contributed by atoms with E-state index >= 15 is 0 Å². The molecule has 31 heavy (non-hydrogen) atoms. The van der Waals surface area contributed by atoms with Gasteiger partial charge in [0.1, 0.15) is 5.69 Å². The molecule has 8 heteroatoms. The SMILES string of the molecule is Cc1cn2nc(-c3cc(Cl)c4cc(N5CC(C)NC6(CC6)C5)cnc4n3)cc(C)c2n1. The highest BCUT2D eigenvalue weighted by Gasteiger charge is 2.47. The maximum Gasteiger partial charge on any atom is 0.161 e. The first-order valence-corrected chi connectivity index (χ1v) is 11.1. The van der Waals surface area contributed by atoms with Crippen LogP contribution < -0.4 is 10.2 Å². The second kappa shape index (κ2) is 6.61. The number of hydrogen-bond donors (Lipinski definition) is 1. The highest BCUT2D eigenvalue weighted by atomic mass is 35.5. The Morgan fingerprint density at radius 2 is 1.97 bits per heavy atom. The maximum absolute atomic E-state index is 6.72. The first-order chi connectivity index (χ1) is 14.9. The van der Waals surface area contributed by atoms with E-state index in [0.717, 1.165) is 46.8 Å². The number of halogens is 1. The molecule has 1 aliphatic carbocycles. The molecular formula is C23H24ClN7. The van der Waals surface area contributed by atoms with Crippen molar-refractivity contribution in [3.8, 4) is 11.4 Å². The van der Waals surface area contributed by atoms with E-state index in [1.54, 1.807) is 4.52 Å². The molecule has 6 rings (SSSR count). The predicted octanol–water partition coefficient (Wildman–Crippen LogP) is 3.94. The van der Waals surface area contributed by atoms with Crippen LogP contribution in [-0.4, -0.2) is 49.2 Å². The van der Waals surface area contributed by atoms with Crippen molar-refractivity contribution in [3.63, 3.8) is 0 Å². The second-order valence-corrected chi connectivity index (χ2v) is 9.53. The van der Waals surface area contributed by atoms with E-state index in [-0.39, 0.29) is 5.54 Å². The molecule has 1 unspecified atom stereocenters. The minimum atomic E-state index is 0.284. The van der Waals surface area contributed by atoms with Crippen molar-refractivity contribution in [2.45, 2.75) is 45.2 Å². The van der Waals surface area contributed by atoms with Crippen LogP contribution in [0.3, 0.4) is 0 Å². The van der Waals surface area contributed by atoms with Crippen LogP contribution in [0.25, 0.3) is 28.1 Å². The number of aromatic nitrogens is 5. The van der Waals surface area contributed by atoms with E-state index in [1.165, 1.54) is 12.8 Å². The van der Waals surface area contributed by atoms with Gasteiger partial charge in [-0.25, -0.2) is 19.5 Å². The number of hydrogen-bond acceptors (Lipinski definition) is 6. The summed E-state index contributed by atoms with van der Waals surface area (Å²) in [5.74, 6) is 0. The average molecular weight is 434 g/mol. The monoisotopic (exact) mass is 433 g/mol. The van der Waals surface area contributed by atoms with Crippen LogP contribution in [0.5, 0.6) is 0 Å². The maximum atomic E-state index is 6.72. The second-order valence-electron chi connectivity index (χ2n) is 9.12. The first-order valence-electron chi connectivity index (χ1n) is 10.7.